The molecule has 0 saturated carbocycles. The summed E-state index contributed by atoms with van der Waals surface area (Å²) in [6, 6.07) is 26.1. The van der Waals surface area contributed by atoms with Gasteiger partial charge in [0.1, 0.15) is 0 Å². The first-order chi connectivity index (χ1) is 12.2. The number of rotatable bonds is 1. The van der Waals surface area contributed by atoms with Crippen LogP contribution in [-0.2, 0) is 5.41 Å². The maximum Gasteiger partial charge on any atom is 0.0705 e. The van der Waals surface area contributed by atoms with Crippen LogP contribution < -0.4 is 0 Å². The first-order valence-electron chi connectivity index (χ1n) is 8.75. The molecule has 0 N–H and O–H groups in total. The molecule has 0 bridgehead atoms. The van der Waals surface area contributed by atoms with Gasteiger partial charge in [0.25, 0.3) is 0 Å². The Morgan fingerprint density at radius 1 is 0.720 bits per heavy atom. The van der Waals surface area contributed by atoms with Crippen LogP contribution in [0.1, 0.15) is 25.0 Å². The van der Waals surface area contributed by atoms with Crippen molar-refractivity contribution in [3.8, 4) is 22.3 Å². The number of fused-ring (bicyclic) bond motifs is 5. The molecule has 0 atom stereocenters. The first kappa shape index (κ1) is 14.4. The molecule has 25 heavy (non-hydrogen) atoms. The smallest absolute Gasteiger partial charge is 0.0705 e. The Kier molecular flexibility index (Phi) is 2.90. The van der Waals surface area contributed by atoms with Crippen molar-refractivity contribution in [2.24, 2.45) is 0 Å². The van der Waals surface area contributed by atoms with E-state index in [1.54, 1.807) is 0 Å². The van der Waals surface area contributed by atoms with E-state index in [1.807, 2.05) is 12.3 Å². The second-order valence-electron chi connectivity index (χ2n) is 7.31. The highest BCUT2D eigenvalue weighted by Gasteiger charge is 2.37. The highest BCUT2D eigenvalue weighted by molar-refractivity contribution is 5.96. The Bertz CT molecular complexity index is 1110. The van der Waals surface area contributed by atoms with Crippen LogP contribution in [0.3, 0.4) is 0 Å². The SMILES string of the molecule is CC1(C)c2cc(-c3ccccc3)ccc2-c2ccc3ncccc3c21. The van der Waals surface area contributed by atoms with Gasteiger partial charge in [0.2, 0.25) is 0 Å². The summed E-state index contributed by atoms with van der Waals surface area (Å²) >= 11 is 0. The molecule has 0 saturated heterocycles. The molecule has 1 heteroatoms. The minimum Gasteiger partial charge on any atom is -0.256 e. The summed E-state index contributed by atoms with van der Waals surface area (Å²) in [5.41, 5.74) is 9.10. The minimum absolute atomic E-state index is 0.0298. The number of aromatic nitrogens is 1. The first-order valence-corrected chi connectivity index (χ1v) is 8.75. The molecule has 0 fully saturated rings. The van der Waals surface area contributed by atoms with Gasteiger partial charge in [0.15, 0.2) is 0 Å². The van der Waals surface area contributed by atoms with E-state index in [1.165, 1.54) is 38.8 Å². The van der Waals surface area contributed by atoms with E-state index in [2.05, 4.69) is 85.6 Å². The molecule has 1 aromatic heterocycles. The number of hydrogen-bond donors (Lipinski definition) is 0. The largest absolute Gasteiger partial charge is 0.256 e. The van der Waals surface area contributed by atoms with E-state index in [9.17, 15) is 0 Å². The van der Waals surface area contributed by atoms with Gasteiger partial charge in [0, 0.05) is 17.0 Å². The van der Waals surface area contributed by atoms with Crippen molar-refractivity contribution in [3.63, 3.8) is 0 Å². The van der Waals surface area contributed by atoms with Gasteiger partial charge >= 0.3 is 0 Å². The Hall–Kier alpha value is -2.93. The topological polar surface area (TPSA) is 12.9 Å². The molecule has 4 aromatic rings. The Balaban J connectivity index is 1.79. The quantitative estimate of drug-likeness (QED) is 0.406. The maximum atomic E-state index is 4.55. The predicted molar refractivity (Wildman–Crippen MR) is 105 cm³/mol. The van der Waals surface area contributed by atoms with Gasteiger partial charge in [-0.05, 0) is 51.6 Å². The Morgan fingerprint density at radius 2 is 1.52 bits per heavy atom. The Labute approximate surface area is 148 Å². The van der Waals surface area contributed by atoms with Crippen LogP contribution in [0.5, 0.6) is 0 Å². The molecule has 1 nitrogen and oxygen atoms in total. The maximum absolute atomic E-state index is 4.55. The standard InChI is InChI=1S/C24H19N/c1-24(2)21-15-17(16-7-4-3-5-8-16)10-11-18(21)19-12-13-22-20(23(19)24)9-6-14-25-22/h3-15H,1-2H3. The summed E-state index contributed by atoms with van der Waals surface area (Å²) < 4.78 is 0. The Morgan fingerprint density at radius 3 is 2.36 bits per heavy atom. The van der Waals surface area contributed by atoms with Gasteiger partial charge in [-0.15, -0.1) is 0 Å². The van der Waals surface area contributed by atoms with Crippen molar-refractivity contribution >= 4 is 10.9 Å². The van der Waals surface area contributed by atoms with E-state index in [0.29, 0.717) is 0 Å². The van der Waals surface area contributed by atoms with Crippen molar-refractivity contribution in [1.82, 2.24) is 4.98 Å². The van der Waals surface area contributed by atoms with Gasteiger partial charge in [0.05, 0.1) is 5.52 Å². The second kappa shape index (κ2) is 5.03. The average Bonchev–Trinajstić information content (AvgIpc) is 2.90. The number of hydrogen-bond acceptors (Lipinski definition) is 1. The van der Waals surface area contributed by atoms with Gasteiger partial charge in [-0.3, -0.25) is 4.98 Å². The molecule has 120 valence electrons. The normalized spacial score (nSPS) is 14.3. The van der Waals surface area contributed by atoms with Crippen molar-refractivity contribution in [2.75, 3.05) is 0 Å². The van der Waals surface area contributed by atoms with E-state index in [0.717, 1.165) is 5.52 Å². The lowest BCUT2D eigenvalue weighted by atomic mass is 9.80. The summed E-state index contributed by atoms with van der Waals surface area (Å²) in [4.78, 5) is 4.55. The van der Waals surface area contributed by atoms with Crippen LogP contribution in [0.4, 0.5) is 0 Å². The van der Waals surface area contributed by atoms with Crippen LogP contribution in [0.2, 0.25) is 0 Å². The molecule has 1 heterocycles. The van der Waals surface area contributed by atoms with Crippen LogP contribution in [0.25, 0.3) is 33.2 Å². The summed E-state index contributed by atoms with van der Waals surface area (Å²) in [7, 11) is 0. The van der Waals surface area contributed by atoms with Crippen LogP contribution >= 0.6 is 0 Å². The third-order valence-corrected chi connectivity index (χ3v) is 5.50. The lowest BCUT2D eigenvalue weighted by Crippen LogP contribution is -2.15. The van der Waals surface area contributed by atoms with Crippen molar-refractivity contribution in [2.45, 2.75) is 19.3 Å². The van der Waals surface area contributed by atoms with Crippen molar-refractivity contribution < 1.29 is 0 Å². The van der Waals surface area contributed by atoms with E-state index < -0.39 is 0 Å². The molecule has 1 aliphatic rings. The molecule has 0 unspecified atom stereocenters. The molecule has 0 amide bonds. The summed E-state index contributed by atoms with van der Waals surface area (Å²) in [5.74, 6) is 0. The van der Waals surface area contributed by atoms with Gasteiger partial charge in [-0.1, -0.05) is 68.4 Å². The van der Waals surface area contributed by atoms with Crippen molar-refractivity contribution in [3.05, 3.63) is 90.1 Å². The summed E-state index contributed by atoms with van der Waals surface area (Å²) in [6.45, 7) is 4.66. The minimum atomic E-state index is -0.0298. The summed E-state index contributed by atoms with van der Waals surface area (Å²) in [6.07, 6.45) is 1.87. The van der Waals surface area contributed by atoms with E-state index >= 15 is 0 Å². The third kappa shape index (κ3) is 1.99. The molecule has 5 rings (SSSR count). The zero-order chi connectivity index (χ0) is 17.0. The highest BCUT2D eigenvalue weighted by Crippen LogP contribution is 2.51. The zero-order valence-corrected chi connectivity index (χ0v) is 14.5. The fourth-order valence-corrected chi connectivity index (χ4v) is 4.29. The second-order valence-corrected chi connectivity index (χ2v) is 7.31. The van der Waals surface area contributed by atoms with Crippen LogP contribution in [-0.4, -0.2) is 4.98 Å². The van der Waals surface area contributed by atoms with Gasteiger partial charge in [-0.25, -0.2) is 0 Å². The molecule has 0 spiro atoms. The molecule has 0 radical (unpaired) electrons. The molecule has 0 aliphatic heterocycles. The monoisotopic (exact) mass is 321 g/mol. The summed E-state index contributed by atoms with van der Waals surface area (Å²) in [5, 5.41) is 1.27. The van der Waals surface area contributed by atoms with E-state index in [-0.39, 0.29) is 5.41 Å². The lowest BCUT2D eigenvalue weighted by Gasteiger charge is -2.23. The number of pyridine rings is 1. The molecule has 1 aliphatic carbocycles. The lowest BCUT2D eigenvalue weighted by molar-refractivity contribution is 0.666. The highest BCUT2D eigenvalue weighted by atomic mass is 14.6. The molecule has 3 aromatic carbocycles. The van der Waals surface area contributed by atoms with Gasteiger partial charge < -0.3 is 0 Å². The van der Waals surface area contributed by atoms with Crippen molar-refractivity contribution in [1.29, 1.82) is 0 Å². The van der Waals surface area contributed by atoms with Gasteiger partial charge in [-0.2, -0.15) is 0 Å². The molecular formula is C24H19N. The predicted octanol–water partition coefficient (Wildman–Crippen LogP) is 6.21. The van der Waals surface area contributed by atoms with Crippen LogP contribution in [0, 0.1) is 0 Å². The average molecular weight is 321 g/mol. The fourth-order valence-electron chi connectivity index (χ4n) is 4.29. The number of nitrogens with zero attached hydrogens (tertiary/aromatic N) is 1. The zero-order valence-electron chi connectivity index (χ0n) is 14.5. The third-order valence-electron chi connectivity index (χ3n) is 5.50. The fraction of sp³-hybridized carbons (Fsp3) is 0.125. The molecular weight excluding hydrogens is 302 g/mol. The van der Waals surface area contributed by atoms with E-state index in [4.69, 9.17) is 0 Å². The van der Waals surface area contributed by atoms with Crippen LogP contribution in [0.15, 0.2) is 79.0 Å². The number of benzene rings is 3.